The third-order valence-corrected chi connectivity index (χ3v) is 7.62. The van der Waals surface area contributed by atoms with Crippen LogP contribution in [0.5, 0.6) is 0 Å². The molecule has 0 radical (unpaired) electrons. The molecule has 2 N–H and O–H groups in total. The van der Waals surface area contributed by atoms with Crippen LogP contribution in [0.1, 0.15) is 63.4 Å². The van der Waals surface area contributed by atoms with Gasteiger partial charge in [0.2, 0.25) is 11.8 Å². The van der Waals surface area contributed by atoms with Crippen LogP contribution in [0.25, 0.3) is 0 Å². The molecule has 2 heterocycles. The maximum absolute atomic E-state index is 13.1. The van der Waals surface area contributed by atoms with Gasteiger partial charge in [0.1, 0.15) is 6.04 Å². The van der Waals surface area contributed by atoms with E-state index >= 15 is 0 Å². The third kappa shape index (κ3) is 3.70. The second-order valence-electron chi connectivity index (χ2n) is 8.63. The lowest BCUT2D eigenvalue weighted by atomic mass is 10.0. The average Bonchev–Trinajstić information content (AvgIpc) is 3.56. The van der Waals surface area contributed by atoms with Crippen LogP contribution in [0.15, 0.2) is 41.3 Å². The first-order valence-corrected chi connectivity index (χ1v) is 12.1. The highest BCUT2D eigenvalue weighted by molar-refractivity contribution is 7.92. The molecule has 5 rings (SSSR count). The lowest BCUT2D eigenvalue weighted by Gasteiger charge is -2.27. The minimum atomic E-state index is -3.92. The standard InChI is InChI=1S/C23H21N3O6S/c1-12-2-8-19(16(10-12)13-3-4-13)33(31,32)25-14-5-6-15-17(11-14)23(30)26(22(15)29)18-7-9-20(27)24-21(18)28/h2,5-6,8,10-11,13,18,25H,3-4,7,9H2,1H3,(H,24,27,28). The molecule has 2 aromatic rings. The number of fused-ring (bicyclic) bond motifs is 1. The molecule has 170 valence electrons. The number of carbonyl (C=O) groups is 4. The van der Waals surface area contributed by atoms with Gasteiger partial charge in [-0.3, -0.25) is 34.1 Å². The summed E-state index contributed by atoms with van der Waals surface area (Å²) >= 11 is 0. The number of piperidine rings is 1. The zero-order valence-electron chi connectivity index (χ0n) is 17.8. The van der Waals surface area contributed by atoms with E-state index in [2.05, 4.69) is 10.0 Å². The van der Waals surface area contributed by atoms with E-state index in [9.17, 15) is 27.6 Å². The molecular formula is C23H21N3O6S. The maximum atomic E-state index is 13.1. The number of anilines is 1. The Morgan fingerprint density at radius 1 is 0.939 bits per heavy atom. The van der Waals surface area contributed by atoms with E-state index in [0.717, 1.165) is 28.9 Å². The molecule has 33 heavy (non-hydrogen) atoms. The Hall–Kier alpha value is -3.53. The van der Waals surface area contributed by atoms with Gasteiger partial charge in [0.05, 0.1) is 16.0 Å². The lowest BCUT2D eigenvalue weighted by Crippen LogP contribution is -2.54. The molecule has 10 heteroatoms. The SMILES string of the molecule is Cc1ccc(S(=O)(=O)Nc2ccc3c(c2)C(=O)N(C2CCC(=O)NC2=O)C3=O)c(C2CC2)c1. The van der Waals surface area contributed by atoms with E-state index < -0.39 is 39.7 Å². The average molecular weight is 468 g/mol. The van der Waals surface area contributed by atoms with Crippen LogP contribution in [0.2, 0.25) is 0 Å². The second-order valence-corrected chi connectivity index (χ2v) is 10.3. The topological polar surface area (TPSA) is 130 Å². The zero-order chi connectivity index (χ0) is 23.5. The molecule has 1 saturated heterocycles. The summed E-state index contributed by atoms with van der Waals surface area (Å²) in [5.41, 5.74) is 1.99. The van der Waals surface area contributed by atoms with Crippen molar-refractivity contribution >= 4 is 39.3 Å². The summed E-state index contributed by atoms with van der Waals surface area (Å²) in [7, 11) is -3.92. The summed E-state index contributed by atoms with van der Waals surface area (Å²) in [6, 6.07) is 8.22. The van der Waals surface area contributed by atoms with Gasteiger partial charge in [-0.05, 0) is 61.9 Å². The fraction of sp³-hybridized carbons (Fsp3) is 0.304. The van der Waals surface area contributed by atoms with Gasteiger partial charge in [0.25, 0.3) is 21.8 Å². The highest BCUT2D eigenvalue weighted by atomic mass is 32.2. The molecule has 1 unspecified atom stereocenters. The summed E-state index contributed by atoms with van der Waals surface area (Å²) in [6.45, 7) is 1.91. The van der Waals surface area contributed by atoms with Gasteiger partial charge in [-0.1, -0.05) is 17.7 Å². The van der Waals surface area contributed by atoms with Crippen LogP contribution >= 0.6 is 0 Å². The van der Waals surface area contributed by atoms with Crippen LogP contribution in [0, 0.1) is 6.92 Å². The van der Waals surface area contributed by atoms with E-state index in [0.29, 0.717) is 0 Å². The fourth-order valence-corrected chi connectivity index (χ4v) is 5.70. The molecule has 2 fully saturated rings. The van der Waals surface area contributed by atoms with Crippen molar-refractivity contribution in [3.05, 3.63) is 58.7 Å². The molecule has 3 aliphatic rings. The van der Waals surface area contributed by atoms with Crippen LogP contribution in [0.3, 0.4) is 0 Å². The molecule has 4 amide bonds. The van der Waals surface area contributed by atoms with Gasteiger partial charge >= 0.3 is 0 Å². The molecule has 0 aromatic heterocycles. The van der Waals surface area contributed by atoms with E-state index in [1.54, 1.807) is 12.1 Å². The molecule has 1 saturated carbocycles. The molecule has 2 aliphatic heterocycles. The van der Waals surface area contributed by atoms with Crippen molar-refractivity contribution in [1.29, 1.82) is 0 Å². The normalized spacial score (nSPS) is 20.6. The van der Waals surface area contributed by atoms with Crippen LogP contribution in [-0.2, 0) is 19.6 Å². The Morgan fingerprint density at radius 2 is 1.67 bits per heavy atom. The monoisotopic (exact) mass is 467 g/mol. The van der Waals surface area contributed by atoms with Gasteiger partial charge in [0.15, 0.2) is 0 Å². The number of aryl methyl sites for hydroxylation is 1. The summed E-state index contributed by atoms with van der Waals surface area (Å²) < 4.78 is 28.8. The fourth-order valence-electron chi connectivity index (χ4n) is 4.37. The van der Waals surface area contributed by atoms with E-state index in [4.69, 9.17) is 0 Å². The summed E-state index contributed by atoms with van der Waals surface area (Å²) in [6.07, 6.45) is 1.96. The smallest absolute Gasteiger partial charge is 0.262 e. The Labute approximate surface area is 190 Å². The number of benzene rings is 2. The Bertz CT molecular complexity index is 1350. The van der Waals surface area contributed by atoms with Crippen LogP contribution in [-0.4, -0.2) is 43.0 Å². The van der Waals surface area contributed by atoms with Gasteiger partial charge in [-0.15, -0.1) is 0 Å². The number of imide groups is 2. The number of nitrogens with one attached hydrogen (secondary N) is 2. The Morgan fingerprint density at radius 3 is 2.36 bits per heavy atom. The largest absolute Gasteiger partial charge is 0.295 e. The molecule has 0 bridgehead atoms. The minimum Gasteiger partial charge on any atom is -0.295 e. The molecule has 9 nitrogen and oxygen atoms in total. The lowest BCUT2D eigenvalue weighted by molar-refractivity contribution is -0.136. The Kier molecular flexibility index (Phi) is 4.86. The number of sulfonamides is 1. The highest BCUT2D eigenvalue weighted by Gasteiger charge is 2.44. The van der Waals surface area contributed by atoms with Gasteiger partial charge < -0.3 is 0 Å². The van der Waals surface area contributed by atoms with Gasteiger partial charge in [-0.2, -0.15) is 0 Å². The third-order valence-electron chi connectivity index (χ3n) is 6.16. The number of rotatable bonds is 5. The predicted molar refractivity (Wildman–Crippen MR) is 117 cm³/mol. The van der Waals surface area contributed by atoms with Gasteiger partial charge in [-0.25, -0.2) is 8.42 Å². The number of nitrogens with zero attached hydrogens (tertiary/aromatic N) is 1. The van der Waals surface area contributed by atoms with Crippen molar-refractivity contribution in [3.8, 4) is 0 Å². The van der Waals surface area contributed by atoms with E-state index in [1.807, 2.05) is 13.0 Å². The van der Waals surface area contributed by atoms with Crippen molar-refractivity contribution in [1.82, 2.24) is 10.2 Å². The first-order valence-electron chi connectivity index (χ1n) is 10.6. The molecular weight excluding hydrogens is 446 g/mol. The second kappa shape index (κ2) is 7.51. The first-order chi connectivity index (χ1) is 15.7. The summed E-state index contributed by atoms with van der Waals surface area (Å²) in [5.74, 6) is -2.27. The predicted octanol–water partition coefficient (Wildman–Crippen LogP) is 2.07. The maximum Gasteiger partial charge on any atom is 0.262 e. The number of hydrogen-bond acceptors (Lipinski definition) is 6. The van der Waals surface area contributed by atoms with Crippen molar-refractivity contribution < 1.29 is 27.6 Å². The Balaban J connectivity index is 1.43. The number of hydrogen-bond donors (Lipinski definition) is 2. The molecule has 1 atom stereocenters. The summed E-state index contributed by atoms with van der Waals surface area (Å²) in [4.78, 5) is 50.4. The number of amides is 4. The van der Waals surface area contributed by atoms with Crippen molar-refractivity contribution in [2.45, 2.75) is 49.5 Å². The van der Waals surface area contributed by atoms with Crippen LogP contribution in [0.4, 0.5) is 5.69 Å². The van der Waals surface area contributed by atoms with Gasteiger partial charge in [0, 0.05) is 12.1 Å². The van der Waals surface area contributed by atoms with E-state index in [-0.39, 0.29) is 40.5 Å². The van der Waals surface area contributed by atoms with Crippen molar-refractivity contribution in [3.63, 3.8) is 0 Å². The first kappa shape index (κ1) is 21.3. The molecule has 1 aliphatic carbocycles. The summed E-state index contributed by atoms with van der Waals surface area (Å²) in [5, 5.41) is 2.14. The highest BCUT2D eigenvalue weighted by Crippen LogP contribution is 2.43. The van der Waals surface area contributed by atoms with Crippen molar-refractivity contribution in [2.75, 3.05) is 4.72 Å². The van der Waals surface area contributed by atoms with E-state index in [1.165, 1.54) is 18.2 Å². The zero-order valence-corrected chi connectivity index (χ0v) is 18.6. The minimum absolute atomic E-state index is 0.0104. The number of carbonyl (C=O) groups excluding carboxylic acids is 4. The molecule has 2 aromatic carbocycles. The quantitative estimate of drug-likeness (QED) is 0.648. The molecule has 0 spiro atoms. The van der Waals surface area contributed by atoms with Crippen LogP contribution < -0.4 is 10.0 Å². The van der Waals surface area contributed by atoms with Crippen molar-refractivity contribution in [2.24, 2.45) is 0 Å².